The fourth-order valence-electron chi connectivity index (χ4n) is 13.5. The SMILES string of the molecule is CC1=CCC(OC(=O)CC(O)C(=O)O)C(C)C(C(NC(=O)C(C)C(O)CCC(C)C(O)C(C)=CC(C)C(O)C(CC(C)C)NC(=O)C=CC(C)(C)C(=O)C(C)C(O)C(C)C)C(C)O)OC(=O)C(C(O)C(=O)O)NC(=O)C=CC=CCCC=CC=CCC2CC(C)CC(CC(O)C(C)C(O)C(C)=CC(C)C1O)O2. The molecule has 0 aromatic rings. The Morgan fingerprint density at radius 3 is 1.90 bits per heavy atom. The van der Waals surface area contributed by atoms with E-state index in [1.807, 2.05) is 52.0 Å². The van der Waals surface area contributed by atoms with Crippen LogP contribution in [0, 0.1) is 64.6 Å². The van der Waals surface area contributed by atoms with Crippen LogP contribution >= 0.6 is 0 Å². The van der Waals surface area contributed by atoms with Gasteiger partial charge in [0.25, 0.3) is 0 Å². The number of aliphatic carboxylic acids is 2. The molecule has 0 aromatic carbocycles. The number of Topliss-reactive ketones (excluding diaryl/α,β-unsaturated/α-hetero) is 1. The van der Waals surface area contributed by atoms with Crippen molar-refractivity contribution in [2.45, 2.75) is 299 Å². The highest BCUT2D eigenvalue weighted by Crippen LogP contribution is 2.34. The summed E-state index contributed by atoms with van der Waals surface area (Å²) >= 11 is 0. The number of carboxylic acid groups (broad SMARTS) is 2. The molecule has 26 nitrogen and oxygen atoms in total. The number of carbonyl (C=O) groups is 8. The summed E-state index contributed by atoms with van der Waals surface area (Å²) < 4.78 is 18.2. The maximum Gasteiger partial charge on any atom is 0.335 e. The number of esters is 2. The van der Waals surface area contributed by atoms with E-state index in [0.29, 0.717) is 42.7 Å². The maximum atomic E-state index is 14.6. The molecule has 0 spiro atoms. The summed E-state index contributed by atoms with van der Waals surface area (Å²) in [5, 5.41) is 141. The highest BCUT2D eigenvalue weighted by Gasteiger charge is 2.45. The smallest absolute Gasteiger partial charge is 0.335 e. The summed E-state index contributed by atoms with van der Waals surface area (Å²) in [6, 6.07) is -4.96. The first-order valence-electron chi connectivity index (χ1n) is 37.9. The summed E-state index contributed by atoms with van der Waals surface area (Å²) in [6.07, 6.45) is 4.38. The fourth-order valence-corrected chi connectivity index (χ4v) is 13.5. The molecule has 0 radical (unpaired) electrons. The molecule has 2 heterocycles. The maximum absolute atomic E-state index is 14.6. The summed E-state index contributed by atoms with van der Waals surface area (Å²) in [5.41, 5.74) is 0.0251. The Bertz CT molecular complexity index is 3090. The van der Waals surface area contributed by atoms with Crippen molar-refractivity contribution in [1.82, 2.24) is 16.0 Å². The van der Waals surface area contributed by atoms with E-state index in [1.165, 1.54) is 58.1 Å². The number of carboxylic acids is 2. The number of nitrogens with one attached hydrogen (secondary N) is 3. The molecular formula is C81H131N3O23. The van der Waals surface area contributed by atoms with Gasteiger partial charge in [0, 0.05) is 47.5 Å². The normalized spacial score (nSPS) is 28.0. The van der Waals surface area contributed by atoms with Gasteiger partial charge in [0.1, 0.15) is 18.0 Å². The van der Waals surface area contributed by atoms with Crippen molar-refractivity contribution >= 4 is 47.4 Å². The largest absolute Gasteiger partial charge is 0.479 e. The van der Waals surface area contributed by atoms with Crippen LogP contribution in [-0.4, -0.2) is 212 Å². The van der Waals surface area contributed by atoms with Gasteiger partial charge in [-0.25, -0.2) is 14.4 Å². The number of amides is 3. The zero-order valence-corrected chi connectivity index (χ0v) is 66.2. The molecular weight excluding hydrogens is 1380 g/mol. The van der Waals surface area contributed by atoms with Crippen molar-refractivity contribution in [3.63, 3.8) is 0 Å². The molecule has 107 heavy (non-hydrogen) atoms. The Kier molecular flexibility index (Phi) is 42.2. The number of fused-ring (bicyclic) bond motifs is 2. The summed E-state index contributed by atoms with van der Waals surface area (Å²) in [5.74, 6) is -15.5. The first-order chi connectivity index (χ1) is 49.7. The van der Waals surface area contributed by atoms with Crippen LogP contribution in [0.3, 0.4) is 0 Å². The van der Waals surface area contributed by atoms with Crippen LogP contribution in [0.25, 0.3) is 0 Å². The second-order valence-electron chi connectivity index (χ2n) is 31.6. The second kappa shape index (κ2) is 46.8. The first kappa shape index (κ1) is 96.5. The monoisotopic (exact) mass is 1510 g/mol. The van der Waals surface area contributed by atoms with Crippen LogP contribution in [0.4, 0.5) is 0 Å². The van der Waals surface area contributed by atoms with Crippen LogP contribution in [0.1, 0.15) is 195 Å². The summed E-state index contributed by atoms with van der Waals surface area (Å²) in [4.78, 5) is 107. The average molecular weight is 1510 g/mol. The van der Waals surface area contributed by atoms with E-state index >= 15 is 0 Å². The molecule has 3 amide bonds. The molecule has 2 bridgehead atoms. The minimum atomic E-state index is -2.69. The Morgan fingerprint density at radius 2 is 1.32 bits per heavy atom. The number of aliphatic hydroxyl groups is 10. The summed E-state index contributed by atoms with van der Waals surface area (Å²) in [7, 11) is 0. The van der Waals surface area contributed by atoms with Gasteiger partial charge >= 0.3 is 23.9 Å². The van der Waals surface area contributed by atoms with Crippen LogP contribution < -0.4 is 16.0 Å². The van der Waals surface area contributed by atoms with Gasteiger partial charge in [0.15, 0.2) is 18.2 Å². The molecule has 0 aliphatic carbocycles. The first-order valence-corrected chi connectivity index (χ1v) is 37.9. The van der Waals surface area contributed by atoms with Crippen LogP contribution in [0.2, 0.25) is 0 Å². The third-order valence-electron chi connectivity index (χ3n) is 20.7. The third kappa shape index (κ3) is 32.9. The number of aliphatic hydroxyl groups excluding tert-OH is 10. The Hall–Kier alpha value is -6.56. The van der Waals surface area contributed by atoms with E-state index in [9.17, 15) is 99.6 Å². The molecule has 2 aliphatic heterocycles. The lowest BCUT2D eigenvalue weighted by Crippen LogP contribution is -2.59. The standard InChI is InChI=1S/C81H131N3O23/c1-43(2)36-59(82-65(90)34-35-81(17,18)76(98)55(15)69(92)44(3)4)73(96)51(11)40-49(9)70(93)46(6)30-32-60(86)53(13)77(99)84-67(56(16)85)75-54(14)63(106-66(91)42-62(88)78(100)101)33-31-47(7)71(94)48(8)39-50(10)72(95)52(12)61(87)41-58-38-45(5)37-57(105-58)28-26-24-22-20-19-21-23-25-27-29-64(89)83-68(80(104)107-75)74(97)79(102)103/h20,22-27,29,31,34-35,39-40,43-46,48,51-63,67-75,85-88,92-97H,19,21,28,30,32-33,36-38,41-42H2,1-18H3,(H,82,90)(H,83,89)(H,84,99)(H,100,101)(H,102,103). The number of allylic oxidation sites excluding steroid dienone is 7. The van der Waals surface area contributed by atoms with Crippen LogP contribution in [-0.2, 0) is 52.6 Å². The minimum Gasteiger partial charge on any atom is -0.479 e. The Labute approximate surface area is 633 Å². The van der Waals surface area contributed by atoms with Crippen molar-refractivity contribution in [2.75, 3.05) is 0 Å². The molecule has 25 unspecified atom stereocenters. The number of rotatable bonds is 28. The molecule has 2 rings (SSSR count). The lowest BCUT2D eigenvalue weighted by atomic mass is 9.77. The van der Waals surface area contributed by atoms with Gasteiger partial charge in [0.2, 0.25) is 17.7 Å². The highest BCUT2D eigenvalue weighted by atomic mass is 16.6. The van der Waals surface area contributed by atoms with Gasteiger partial charge in [-0.15, -0.1) is 0 Å². The van der Waals surface area contributed by atoms with Gasteiger partial charge in [0.05, 0.1) is 85.5 Å². The van der Waals surface area contributed by atoms with Crippen LogP contribution in [0.15, 0.2) is 95.7 Å². The lowest BCUT2D eigenvalue weighted by molar-refractivity contribution is -0.175. The van der Waals surface area contributed by atoms with Crippen molar-refractivity contribution in [3.8, 4) is 0 Å². The van der Waals surface area contributed by atoms with E-state index in [1.54, 1.807) is 80.5 Å². The molecule has 15 N–H and O–H groups in total. The predicted molar refractivity (Wildman–Crippen MR) is 405 cm³/mol. The predicted octanol–water partition coefficient (Wildman–Crippen LogP) is 6.75. The second-order valence-corrected chi connectivity index (χ2v) is 31.6. The molecule has 0 saturated carbocycles. The molecule has 0 aromatic heterocycles. The van der Waals surface area contributed by atoms with E-state index in [2.05, 4.69) is 22.9 Å². The van der Waals surface area contributed by atoms with Crippen molar-refractivity contribution < 1.29 is 114 Å². The lowest BCUT2D eigenvalue weighted by Gasteiger charge is -2.38. The Balaban J connectivity index is 2.69. The molecule has 26 heteroatoms. The van der Waals surface area contributed by atoms with Gasteiger partial charge in [-0.2, -0.15) is 0 Å². The zero-order valence-electron chi connectivity index (χ0n) is 66.2. The van der Waals surface area contributed by atoms with E-state index in [4.69, 9.17) is 14.2 Å². The number of carbonyl (C=O) groups excluding carboxylic acids is 6. The summed E-state index contributed by atoms with van der Waals surface area (Å²) in [6.45, 7) is 30.0. The molecule has 608 valence electrons. The topological polar surface area (TPSA) is 443 Å². The van der Waals surface area contributed by atoms with Gasteiger partial charge in [-0.3, -0.25) is 24.0 Å². The average Bonchev–Trinajstić information content (AvgIpc) is 0.838. The third-order valence-corrected chi connectivity index (χ3v) is 20.7. The van der Waals surface area contributed by atoms with Crippen molar-refractivity contribution in [1.29, 1.82) is 0 Å². The van der Waals surface area contributed by atoms with Gasteiger partial charge in [-0.1, -0.05) is 150 Å². The minimum absolute atomic E-state index is 0.0235. The fraction of sp³-hybridized carbons (Fsp3) is 0.704. The van der Waals surface area contributed by atoms with Crippen LogP contribution in [0.5, 0.6) is 0 Å². The molecule has 1 fully saturated rings. The number of hydrogen-bond acceptors (Lipinski definition) is 21. The van der Waals surface area contributed by atoms with E-state index in [-0.39, 0.29) is 54.7 Å². The van der Waals surface area contributed by atoms with Gasteiger partial charge < -0.3 is 91.4 Å². The number of cyclic esters (lactones) is 1. The van der Waals surface area contributed by atoms with E-state index < -0.39 is 193 Å². The quantitative estimate of drug-likeness (QED) is 0.0219. The Morgan fingerprint density at radius 1 is 0.720 bits per heavy atom. The van der Waals surface area contributed by atoms with Gasteiger partial charge in [-0.05, 0) is 146 Å². The number of ketones is 1. The van der Waals surface area contributed by atoms with Crippen molar-refractivity contribution in [3.05, 3.63) is 95.7 Å². The molecule has 1 saturated heterocycles. The number of ether oxygens (including phenoxy) is 3. The highest BCUT2D eigenvalue weighted by molar-refractivity contribution is 5.95. The van der Waals surface area contributed by atoms with Crippen molar-refractivity contribution in [2.24, 2.45) is 64.6 Å². The molecule has 2 aliphatic rings. The van der Waals surface area contributed by atoms with E-state index in [0.717, 1.165) is 18.9 Å². The number of hydrogen-bond donors (Lipinski definition) is 15. The zero-order chi connectivity index (χ0) is 81.7. The molecule has 25 atom stereocenters.